The van der Waals surface area contributed by atoms with Crippen LogP contribution in [0.15, 0.2) is 12.1 Å². The molecular weight excluding hydrogens is 333 g/mol. The minimum Gasteiger partial charge on any atom is -0.493 e. The molecule has 2 aliphatic heterocycles. The number of hydrogen-bond donors (Lipinski definition) is 1. The lowest BCUT2D eigenvalue weighted by Crippen LogP contribution is -2.49. The van der Waals surface area contributed by atoms with Crippen molar-refractivity contribution in [2.75, 3.05) is 34.0 Å². The Morgan fingerprint density at radius 1 is 1.23 bits per heavy atom. The van der Waals surface area contributed by atoms with Crippen molar-refractivity contribution in [2.45, 2.75) is 51.7 Å². The monoisotopic (exact) mass is 365 g/mol. The Balaban J connectivity index is 1.80. The Kier molecular flexibility index (Phi) is 5.78. The normalized spacial score (nSPS) is 26.2. The molecule has 0 radical (unpaired) electrons. The van der Waals surface area contributed by atoms with E-state index in [1.54, 1.807) is 14.2 Å². The molecule has 3 rings (SSSR count). The number of aliphatic hydroxyl groups is 1. The van der Waals surface area contributed by atoms with Gasteiger partial charge in [0.05, 0.1) is 27.0 Å². The fourth-order valence-corrected chi connectivity index (χ4v) is 4.69. The number of piperidine rings is 1. The molecule has 1 aromatic carbocycles. The third-order valence-corrected chi connectivity index (χ3v) is 6.18. The number of hydrogen-bond acceptors (Lipinski definition) is 4. The number of rotatable bonds is 6. The molecule has 5 heteroatoms. The molecule has 0 amide bonds. The second-order valence-electron chi connectivity index (χ2n) is 8.54. The SMILES string of the molecule is COc1cc2c(cc1OC)[C@H]1C[C@@H](O)[C@H](CC(C)(C)CC[19F])CN1CC2. The minimum atomic E-state index is -0.353. The molecule has 0 aliphatic carbocycles. The second kappa shape index (κ2) is 7.73. The fraction of sp³-hybridized carbons (Fsp3) is 0.714. The fourth-order valence-electron chi connectivity index (χ4n) is 4.69. The molecule has 1 aromatic rings. The lowest BCUT2D eigenvalue weighted by Gasteiger charge is -2.47. The number of aliphatic hydroxyl groups excluding tert-OH is 1. The Hall–Kier alpha value is -1.33. The Morgan fingerprint density at radius 2 is 1.92 bits per heavy atom. The maximum Gasteiger partial charge on any atom is 0.161 e. The highest BCUT2D eigenvalue weighted by molar-refractivity contribution is 5.49. The van der Waals surface area contributed by atoms with Gasteiger partial charge in [0.1, 0.15) is 0 Å². The van der Waals surface area contributed by atoms with Crippen molar-refractivity contribution in [3.8, 4) is 11.5 Å². The first kappa shape index (κ1) is 19.4. The average molecular weight is 365 g/mol. The maximum atomic E-state index is 12.8. The van der Waals surface area contributed by atoms with Gasteiger partial charge in [0.2, 0.25) is 0 Å². The van der Waals surface area contributed by atoms with Crippen LogP contribution in [-0.2, 0) is 6.42 Å². The van der Waals surface area contributed by atoms with Crippen molar-refractivity contribution in [3.05, 3.63) is 23.3 Å². The van der Waals surface area contributed by atoms with Crippen molar-refractivity contribution in [3.63, 3.8) is 0 Å². The minimum absolute atomic E-state index is 0.0719. The molecule has 1 fully saturated rings. The van der Waals surface area contributed by atoms with Crippen LogP contribution in [0.2, 0.25) is 0 Å². The first-order valence-corrected chi connectivity index (χ1v) is 9.61. The van der Waals surface area contributed by atoms with E-state index in [9.17, 15) is 9.50 Å². The predicted molar refractivity (Wildman–Crippen MR) is 101 cm³/mol. The molecule has 2 aliphatic rings. The molecule has 0 saturated carbocycles. The van der Waals surface area contributed by atoms with E-state index in [1.807, 2.05) is 0 Å². The van der Waals surface area contributed by atoms with Crippen LogP contribution in [0.5, 0.6) is 11.5 Å². The van der Waals surface area contributed by atoms with E-state index in [0.29, 0.717) is 6.42 Å². The zero-order valence-electron chi connectivity index (χ0n) is 16.4. The number of fused-ring (bicyclic) bond motifs is 3. The van der Waals surface area contributed by atoms with E-state index in [2.05, 4.69) is 30.9 Å². The zero-order valence-corrected chi connectivity index (χ0v) is 16.4. The van der Waals surface area contributed by atoms with Gasteiger partial charge in [0.15, 0.2) is 11.5 Å². The molecule has 26 heavy (non-hydrogen) atoms. The lowest BCUT2D eigenvalue weighted by molar-refractivity contribution is -0.0287. The number of nitrogens with zero attached hydrogens (tertiary/aromatic N) is 1. The summed E-state index contributed by atoms with van der Waals surface area (Å²) in [4.78, 5) is 2.48. The summed E-state index contributed by atoms with van der Waals surface area (Å²) in [6.07, 6.45) is 2.76. The van der Waals surface area contributed by atoms with E-state index in [-0.39, 0.29) is 30.2 Å². The largest absolute Gasteiger partial charge is 0.493 e. The number of ether oxygens (including phenoxy) is 2. The summed E-state index contributed by atoms with van der Waals surface area (Å²) in [5.41, 5.74) is 2.46. The first-order valence-electron chi connectivity index (χ1n) is 9.61. The van der Waals surface area contributed by atoms with Crippen LogP contribution in [0.3, 0.4) is 0 Å². The van der Waals surface area contributed by atoms with Gasteiger partial charge in [-0.1, -0.05) is 13.8 Å². The highest BCUT2D eigenvalue weighted by Gasteiger charge is 2.40. The lowest BCUT2D eigenvalue weighted by atomic mass is 9.74. The van der Waals surface area contributed by atoms with Crippen molar-refractivity contribution in [2.24, 2.45) is 11.3 Å². The summed E-state index contributed by atoms with van der Waals surface area (Å²) in [5.74, 6) is 1.71. The van der Waals surface area contributed by atoms with Gasteiger partial charge in [-0.2, -0.15) is 0 Å². The first-order chi connectivity index (χ1) is 12.4. The standard InChI is InChI=1S/C21H32FNO3/c1-21(2,6-7-22)12-15-13-23-8-5-14-9-19(25-3)20(26-4)10-16(14)17(23)11-18(15)24/h9-10,15,17-18,24H,5-8,11-13H2,1-4H3/t15-,17-,18-/m1/s1/i22+0. The third kappa shape index (κ3) is 3.84. The number of halogens is 1. The molecule has 2 heterocycles. The van der Waals surface area contributed by atoms with Crippen LogP contribution in [0.4, 0.5) is 4.39 Å². The summed E-state index contributed by atoms with van der Waals surface area (Å²) in [6, 6.07) is 4.37. The Labute approximate surface area is 156 Å². The molecular formula is C21H32FNO3. The van der Waals surface area contributed by atoms with Gasteiger partial charge in [0, 0.05) is 19.1 Å². The van der Waals surface area contributed by atoms with E-state index in [0.717, 1.165) is 43.9 Å². The molecule has 4 nitrogen and oxygen atoms in total. The van der Waals surface area contributed by atoms with Crippen molar-refractivity contribution < 1.29 is 19.0 Å². The van der Waals surface area contributed by atoms with Crippen molar-refractivity contribution in [1.82, 2.24) is 4.90 Å². The van der Waals surface area contributed by atoms with Crippen LogP contribution >= 0.6 is 0 Å². The maximum absolute atomic E-state index is 12.8. The molecule has 0 unspecified atom stereocenters. The molecule has 3 atom stereocenters. The van der Waals surface area contributed by atoms with Crippen LogP contribution in [0.1, 0.15) is 50.3 Å². The van der Waals surface area contributed by atoms with Gasteiger partial charge in [-0.05, 0) is 60.3 Å². The van der Waals surface area contributed by atoms with Gasteiger partial charge < -0.3 is 14.6 Å². The summed E-state index contributed by atoms with van der Waals surface area (Å²) in [6.45, 7) is 5.77. The number of alkyl halides is 1. The van der Waals surface area contributed by atoms with Gasteiger partial charge in [-0.25, -0.2) is 0 Å². The van der Waals surface area contributed by atoms with Gasteiger partial charge in [0.25, 0.3) is 0 Å². The summed E-state index contributed by atoms with van der Waals surface area (Å²) >= 11 is 0. The number of benzene rings is 1. The molecule has 1 N–H and O–H groups in total. The van der Waals surface area contributed by atoms with Crippen LogP contribution in [0, 0.1) is 11.3 Å². The van der Waals surface area contributed by atoms with Crippen LogP contribution in [0.25, 0.3) is 0 Å². The molecule has 0 aromatic heterocycles. The van der Waals surface area contributed by atoms with E-state index < -0.39 is 0 Å². The van der Waals surface area contributed by atoms with Crippen LogP contribution in [-0.4, -0.2) is 50.1 Å². The Morgan fingerprint density at radius 3 is 2.58 bits per heavy atom. The third-order valence-electron chi connectivity index (χ3n) is 6.18. The van der Waals surface area contributed by atoms with Crippen molar-refractivity contribution in [1.29, 1.82) is 0 Å². The molecule has 0 spiro atoms. The van der Waals surface area contributed by atoms with E-state index in [4.69, 9.17) is 9.47 Å². The van der Waals surface area contributed by atoms with Gasteiger partial charge >= 0.3 is 0 Å². The van der Waals surface area contributed by atoms with Gasteiger partial charge in [-0.3, -0.25) is 9.29 Å². The zero-order chi connectivity index (χ0) is 18.9. The quantitative estimate of drug-likeness (QED) is 0.833. The topological polar surface area (TPSA) is 41.9 Å². The summed E-state index contributed by atoms with van der Waals surface area (Å²) in [5, 5.41) is 10.8. The molecule has 1 saturated heterocycles. The molecule has 0 bridgehead atoms. The summed E-state index contributed by atoms with van der Waals surface area (Å²) in [7, 11) is 3.32. The predicted octanol–water partition coefficient (Wildman–Crippen LogP) is 3.76. The Bertz CT molecular complexity index is 634. The number of methoxy groups -OCH3 is 2. The summed E-state index contributed by atoms with van der Waals surface area (Å²) < 4.78 is 23.7. The highest BCUT2D eigenvalue weighted by atomic mass is 19.1. The van der Waals surface area contributed by atoms with E-state index >= 15 is 0 Å². The van der Waals surface area contributed by atoms with E-state index in [1.165, 1.54) is 11.1 Å². The second-order valence-corrected chi connectivity index (χ2v) is 8.54. The van der Waals surface area contributed by atoms with Gasteiger partial charge in [-0.15, -0.1) is 0 Å². The molecule has 146 valence electrons. The van der Waals surface area contributed by atoms with Crippen LogP contribution < -0.4 is 9.47 Å². The highest BCUT2D eigenvalue weighted by Crippen LogP contribution is 2.44. The van der Waals surface area contributed by atoms with Crippen molar-refractivity contribution >= 4 is 0 Å². The average Bonchev–Trinajstić information content (AvgIpc) is 2.60. The smallest absolute Gasteiger partial charge is 0.161 e.